The molecule has 0 aromatic carbocycles. The van der Waals surface area contributed by atoms with Crippen molar-refractivity contribution in [2.75, 3.05) is 52.4 Å². The highest BCUT2D eigenvalue weighted by Crippen LogP contribution is 2.14. The lowest BCUT2D eigenvalue weighted by Gasteiger charge is -2.35. The molecule has 26 heavy (non-hydrogen) atoms. The van der Waals surface area contributed by atoms with E-state index in [0.717, 1.165) is 39.3 Å². The van der Waals surface area contributed by atoms with Crippen LogP contribution >= 0.6 is 0 Å². The minimum absolute atomic E-state index is 0.0275. The van der Waals surface area contributed by atoms with Gasteiger partial charge in [0.05, 0.1) is 0 Å². The van der Waals surface area contributed by atoms with E-state index in [9.17, 15) is 4.79 Å². The van der Waals surface area contributed by atoms with E-state index in [-0.39, 0.29) is 11.4 Å². The van der Waals surface area contributed by atoms with Crippen molar-refractivity contribution in [3.63, 3.8) is 0 Å². The second-order valence-electron chi connectivity index (χ2n) is 7.30. The van der Waals surface area contributed by atoms with E-state index in [4.69, 9.17) is 0 Å². The summed E-state index contributed by atoms with van der Waals surface area (Å²) in [6.07, 6.45) is 7.15. The van der Waals surface area contributed by atoms with Gasteiger partial charge in [0.15, 0.2) is 0 Å². The van der Waals surface area contributed by atoms with Crippen LogP contribution in [0.2, 0.25) is 0 Å². The number of carbonyl (C=O) groups is 1. The number of urea groups is 1. The smallest absolute Gasteiger partial charge is 0.314 e. The molecule has 0 aliphatic carbocycles. The van der Waals surface area contributed by atoms with Gasteiger partial charge in [0.2, 0.25) is 0 Å². The quantitative estimate of drug-likeness (QED) is 0.240. The lowest BCUT2D eigenvalue weighted by atomic mass is 9.86. The van der Waals surface area contributed by atoms with Gasteiger partial charge in [-0.15, -0.1) is 0 Å². The Bertz CT molecular complexity index is 294. The predicted octanol–water partition coefficient (Wildman–Crippen LogP) is 2.46. The molecule has 0 aliphatic heterocycles. The average molecular weight is 372 g/mol. The Morgan fingerprint density at radius 1 is 0.654 bits per heavy atom. The van der Waals surface area contributed by atoms with Gasteiger partial charge in [-0.05, 0) is 45.8 Å². The van der Waals surface area contributed by atoms with E-state index in [1.165, 1.54) is 38.5 Å². The van der Waals surface area contributed by atoms with Crippen LogP contribution in [0.5, 0.6) is 0 Å². The third-order valence-corrected chi connectivity index (χ3v) is 4.58. The molecule has 156 valence electrons. The Morgan fingerprint density at radius 2 is 1.08 bits per heavy atom. The molecule has 0 aromatic rings. The largest absolute Gasteiger partial charge is 0.338 e. The first kappa shape index (κ1) is 25.1. The van der Waals surface area contributed by atoms with Gasteiger partial charge in [-0.3, -0.25) is 0 Å². The maximum atomic E-state index is 11.9. The molecular weight excluding hydrogens is 326 g/mol. The highest BCUT2D eigenvalue weighted by Gasteiger charge is 2.30. The van der Waals surface area contributed by atoms with Gasteiger partial charge < -0.3 is 26.6 Å². The van der Waals surface area contributed by atoms with E-state index < -0.39 is 0 Å². The molecule has 0 spiro atoms. The van der Waals surface area contributed by atoms with Crippen molar-refractivity contribution in [2.45, 2.75) is 66.2 Å². The van der Waals surface area contributed by atoms with Crippen LogP contribution in [0.15, 0.2) is 0 Å². The molecule has 5 N–H and O–H groups in total. The molecule has 0 radical (unpaired) electrons. The number of amides is 2. The molecule has 6 heteroatoms. The van der Waals surface area contributed by atoms with E-state index in [2.05, 4.69) is 47.4 Å². The topological polar surface area (TPSA) is 77.2 Å². The number of unbranched alkanes of at least 4 members (excludes halogenated alkanes) is 3. The molecule has 0 aliphatic rings. The van der Waals surface area contributed by atoms with Crippen LogP contribution in [0.25, 0.3) is 0 Å². The van der Waals surface area contributed by atoms with Gasteiger partial charge in [-0.2, -0.15) is 0 Å². The highest BCUT2D eigenvalue weighted by atomic mass is 16.2. The van der Waals surface area contributed by atoms with Crippen molar-refractivity contribution in [3.8, 4) is 0 Å². The Hall–Kier alpha value is -0.850. The van der Waals surface area contributed by atoms with Crippen molar-refractivity contribution in [1.29, 1.82) is 0 Å². The van der Waals surface area contributed by atoms with Crippen molar-refractivity contribution in [3.05, 3.63) is 0 Å². The van der Waals surface area contributed by atoms with Crippen LogP contribution in [0.3, 0.4) is 0 Å². The van der Waals surface area contributed by atoms with Crippen LogP contribution in [0, 0.1) is 5.41 Å². The summed E-state index contributed by atoms with van der Waals surface area (Å²) in [4.78, 5) is 11.9. The minimum Gasteiger partial charge on any atom is -0.338 e. The molecule has 0 saturated heterocycles. The fourth-order valence-corrected chi connectivity index (χ4v) is 2.83. The summed E-state index contributed by atoms with van der Waals surface area (Å²) >= 11 is 0. The second kappa shape index (κ2) is 17.6. The predicted molar refractivity (Wildman–Crippen MR) is 113 cm³/mol. The zero-order chi connectivity index (χ0) is 19.5. The van der Waals surface area contributed by atoms with Gasteiger partial charge in [-0.1, -0.05) is 40.0 Å². The molecule has 2 amide bonds. The molecule has 0 unspecified atom stereocenters. The van der Waals surface area contributed by atoms with Crippen LogP contribution in [0.4, 0.5) is 4.79 Å². The number of nitrogens with one attached hydrogen (secondary N) is 5. The van der Waals surface area contributed by atoms with E-state index in [1.54, 1.807) is 0 Å². The minimum atomic E-state index is -0.0763. The molecule has 0 fully saturated rings. The van der Waals surface area contributed by atoms with Crippen molar-refractivity contribution in [1.82, 2.24) is 26.6 Å². The molecule has 0 saturated carbocycles. The first-order chi connectivity index (χ1) is 12.6. The van der Waals surface area contributed by atoms with Crippen molar-refractivity contribution >= 4 is 6.03 Å². The lowest BCUT2D eigenvalue weighted by Crippen LogP contribution is -2.56. The van der Waals surface area contributed by atoms with Gasteiger partial charge in [0.1, 0.15) is 0 Å². The van der Waals surface area contributed by atoms with E-state index in [0.29, 0.717) is 13.1 Å². The molecule has 0 bridgehead atoms. The van der Waals surface area contributed by atoms with Gasteiger partial charge >= 0.3 is 6.03 Å². The molecule has 6 nitrogen and oxygen atoms in total. The summed E-state index contributed by atoms with van der Waals surface area (Å²) < 4.78 is 0. The summed E-state index contributed by atoms with van der Waals surface area (Å²) in [5, 5.41) is 16.8. The summed E-state index contributed by atoms with van der Waals surface area (Å²) in [7, 11) is 0. The molecule has 0 rings (SSSR count). The Morgan fingerprint density at radius 3 is 1.42 bits per heavy atom. The summed E-state index contributed by atoms with van der Waals surface area (Å²) in [5.74, 6) is 0. The molecule has 0 atom stereocenters. The number of hydrogen-bond donors (Lipinski definition) is 5. The van der Waals surface area contributed by atoms with E-state index in [1.807, 2.05) is 6.92 Å². The van der Waals surface area contributed by atoms with Crippen LogP contribution < -0.4 is 26.6 Å². The van der Waals surface area contributed by atoms with Crippen LogP contribution in [-0.2, 0) is 0 Å². The molecule has 0 heterocycles. The lowest BCUT2D eigenvalue weighted by molar-refractivity contribution is 0.215. The SMILES string of the molecule is CCCCNCC(CNCCCC)(CNCCCC)CNC(=O)NCC. The monoisotopic (exact) mass is 371 g/mol. The third-order valence-electron chi connectivity index (χ3n) is 4.58. The van der Waals surface area contributed by atoms with Crippen LogP contribution in [0.1, 0.15) is 66.2 Å². The first-order valence-corrected chi connectivity index (χ1v) is 10.8. The average Bonchev–Trinajstić information content (AvgIpc) is 2.64. The van der Waals surface area contributed by atoms with Gasteiger partial charge in [0, 0.05) is 38.1 Å². The fraction of sp³-hybridized carbons (Fsp3) is 0.950. The Balaban J connectivity index is 4.81. The van der Waals surface area contributed by atoms with Gasteiger partial charge in [0.25, 0.3) is 0 Å². The number of rotatable bonds is 18. The fourth-order valence-electron chi connectivity index (χ4n) is 2.83. The molecule has 0 aromatic heterocycles. The maximum absolute atomic E-state index is 11.9. The summed E-state index contributed by atoms with van der Waals surface area (Å²) in [6.45, 7) is 15.7. The van der Waals surface area contributed by atoms with Crippen molar-refractivity contribution in [2.24, 2.45) is 5.41 Å². The second-order valence-corrected chi connectivity index (χ2v) is 7.30. The van der Waals surface area contributed by atoms with Gasteiger partial charge in [-0.25, -0.2) is 4.79 Å². The highest BCUT2D eigenvalue weighted by molar-refractivity contribution is 5.73. The summed E-state index contributed by atoms with van der Waals surface area (Å²) in [6, 6.07) is -0.0763. The zero-order valence-electron chi connectivity index (χ0n) is 17.8. The summed E-state index contributed by atoms with van der Waals surface area (Å²) in [5.41, 5.74) is -0.0275. The first-order valence-electron chi connectivity index (χ1n) is 10.8. The Kier molecular flexibility index (Phi) is 17.0. The number of carbonyl (C=O) groups excluding carboxylic acids is 1. The van der Waals surface area contributed by atoms with E-state index >= 15 is 0 Å². The third kappa shape index (κ3) is 13.4. The molecular formula is C20H45N5O. The maximum Gasteiger partial charge on any atom is 0.314 e. The Labute approximate surface area is 162 Å². The standard InChI is InChI=1S/C20H45N5O/c1-5-9-12-21-15-20(16-22-13-10-6-2,17-23-14-11-7-3)18-25-19(26)24-8-4/h21-23H,5-18H2,1-4H3,(H2,24,25,26). The number of hydrogen-bond acceptors (Lipinski definition) is 4. The normalized spacial score (nSPS) is 11.5. The zero-order valence-corrected chi connectivity index (χ0v) is 17.8. The van der Waals surface area contributed by atoms with Crippen molar-refractivity contribution < 1.29 is 4.79 Å². The van der Waals surface area contributed by atoms with Crippen LogP contribution in [-0.4, -0.2) is 58.4 Å².